The van der Waals surface area contributed by atoms with Gasteiger partial charge in [-0.2, -0.15) is 0 Å². The number of nitro groups is 1. The van der Waals surface area contributed by atoms with Crippen molar-refractivity contribution in [2.45, 2.75) is 19.3 Å². The van der Waals surface area contributed by atoms with Gasteiger partial charge in [0.25, 0.3) is 5.69 Å². The minimum atomic E-state index is -0.803. The first kappa shape index (κ1) is 14.7. The van der Waals surface area contributed by atoms with Crippen LogP contribution in [0.2, 0.25) is 0 Å². The minimum absolute atomic E-state index is 0.0443. The molecule has 0 amide bonds. The Labute approximate surface area is 122 Å². The Morgan fingerprint density at radius 1 is 1.05 bits per heavy atom. The summed E-state index contributed by atoms with van der Waals surface area (Å²) in [6.45, 7) is 3.55. The second kappa shape index (κ2) is 5.75. The van der Waals surface area contributed by atoms with Gasteiger partial charge in [-0.05, 0) is 31.5 Å². The summed E-state index contributed by atoms with van der Waals surface area (Å²) in [4.78, 5) is 22.4. The summed E-state index contributed by atoms with van der Waals surface area (Å²) in [5.74, 6) is -0.128. The monoisotopic (exact) mass is 285 g/mol. The first-order chi connectivity index (χ1) is 9.91. The number of nitro benzene ring substituents is 1. The Kier molecular flexibility index (Phi) is 4.03. The van der Waals surface area contributed by atoms with Crippen LogP contribution in [0.25, 0.3) is 0 Å². The number of hydrogen-bond donors (Lipinski definition) is 0. The third-order valence-corrected chi connectivity index (χ3v) is 3.26. The van der Waals surface area contributed by atoms with Crippen LogP contribution >= 0.6 is 0 Å². The van der Waals surface area contributed by atoms with Gasteiger partial charge in [0, 0.05) is 12.1 Å². The van der Waals surface area contributed by atoms with E-state index >= 15 is 0 Å². The molecule has 0 aliphatic heterocycles. The van der Waals surface area contributed by atoms with E-state index in [1.54, 1.807) is 13.8 Å². The molecule has 0 aliphatic carbocycles. The molecule has 0 bridgehead atoms. The van der Waals surface area contributed by atoms with Crippen LogP contribution in [0, 0.1) is 10.1 Å². The predicted molar refractivity (Wildman–Crippen MR) is 78.2 cm³/mol. The topological polar surface area (TPSA) is 69.4 Å². The van der Waals surface area contributed by atoms with Crippen LogP contribution in [-0.2, 0) is 10.2 Å². The zero-order chi connectivity index (χ0) is 15.5. The summed E-state index contributed by atoms with van der Waals surface area (Å²) in [5.41, 5.74) is -0.00252. The fourth-order valence-corrected chi connectivity index (χ4v) is 1.84. The van der Waals surface area contributed by atoms with Crippen LogP contribution in [0.1, 0.15) is 19.4 Å². The molecule has 0 aliphatic rings. The van der Waals surface area contributed by atoms with Crippen LogP contribution < -0.4 is 4.74 Å². The molecule has 5 nitrogen and oxygen atoms in total. The van der Waals surface area contributed by atoms with Crippen molar-refractivity contribution in [2.75, 3.05) is 0 Å². The van der Waals surface area contributed by atoms with E-state index < -0.39 is 16.3 Å². The van der Waals surface area contributed by atoms with Crippen LogP contribution in [0.4, 0.5) is 5.69 Å². The summed E-state index contributed by atoms with van der Waals surface area (Å²) in [7, 11) is 0. The van der Waals surface area contributed by atoms with Gasteiger partial charge >= 0.3 is 5.97 Å². The lowest BCUT2D eigenvalue weighted by atomic mass is 9.85. The summed E-state index contributed by atoms with van der Waals surface area (Å²) in [5, 5.41) is 10.6. The van der Waals surface area contributed by atoms with Crippen LogP contribution in [0.5, 0.6) is 5.75 Å². The number of benzene rings is 2. The fourth-order valence-electron chi connectivity index (χ4n) is 1.84. The molecular formula is C16H15NO4. The molecule has 0 heterocycles. The molecular weight excluding hydrogens is 270 g/mol. The molecule has 5 heteroatoms. The zero-order valence-corrected chi connectivity index (χ0v) is 11.8. The van der Waals surface area contributed by atoms with E-state index in [4.69, 9.17) is 4.74 Å². The van der Waals surface area contributed by atoms with E-state index in [-0.39, 0.29) is 11.4 Å². The highest BCUT2D eigenvalue weighted by molar-refractivity contribution is 5.84. The Balaban J connectivity index is 2.15. The molecule has 21 heavy (non-hydrogen) atoms. The number of non-ortho nitro benzene ring substituents is 1. The quantitative estimate of drug-likeness (QED) is 0.373. The van der Waals surface area contributed by atoms with E-state index in [2.05, 4.69) is 0 Å². The van der Waals surface area contributed by atoms with E-state index in [0.717, 1.165) is 5.56 Å². The van der Waals surface area contributed by atoms with Gasteiger partial charge in [0.05, 0.1) is 10.3 Å². The minimum Gasteiger partial charge on any atom is -0.426 e. The van der Waals surface area contributed by atoms with E-state index in [0.29, 0.717) is 0 Å². The van der Waals surface area contributed by atoms with Crippen molar-refractivity contribution in [1.82, 2.24) is 0 Å². The van der Waals surface area contributed by atoms with E-state index in [1.807, 2.05) is 30.3 Å². The second-order valence-electron chi connectivity index (χ2n) is 5.13. The van der Waals surface area contributed by atoms with Crippen molar-refractivity contribution in [3.05, 3.63) is 70.3 Å². The largest absolute Gasteiger partial charge is 0.426 e. The molecule has 0 unspecified atom stereocenters. The van der Waals surface area contributed by atoms with E-state index in [9.17, 15) is 14.9 Å². The number of ether oxygens (including phenoxy) is 1. The Morgan fingerprint density at radius 2 is 1.62 bits per heavy atom. The molecule has 0 saturated carbocycles. The van der Waals surface area contributed by atoms with Crippen molar-refractivity contribution in [3.63, 3.8) is 0 Å². The van der Waals surface area contributed by atoms with Crippen LogP contribution in [0.3, 0.4) is 0 Å². The molecule has 2 aromatic rings. The number of esters is 1. The Morgan fingerprint density at radius 3 is 2.14 bits per heavy atom. The molecule has 0 radical (unpaired) electrons. The van der Waals surface area contributed by atoms with Gasteiger partial charge in [-0.3, -0.25) is 14.9 Å². The molecule has 0 aromatic heterocycles. The molecule has 2 rings (SSSR count). The fraction of sp³-hybridized carbons (Fsp3) is 0.188. The second-order valence-corrected chi connectivity index (χ2v) is 5.13. The molecule has 0 atom stereocenters. The lowest BCUT2D eigenvalue weighted by Gasteiger charge is -2.22. The number of hydrogen-bond acceptors (Lipinski definition) is 4. The van der Waals surface area contributed by atoms with Gasteiger partial charge in [0.1, 0.15) is 5.75 Å². The van der Waals surface area contributed by atoms with Crippen molar-refractivity contribution in [3.8, 4) is 5.75 Å². The number of nitrogens with zero attached hydrogens (tertiary/aromatic N) is 1. The highest BCUT2D eigenvalue weighted by Gasteiger charge is 2.31. The molecule has 0 fully saturated rings. The number of carbonyl (C=O) groups is 1. The summed E-state index contributed by atoms with van der Waals surface area (Å²) in [6, 6.07) is 14.7. The van der Waals surface area contributed by atoms with E-state index in [1.165, 1.54) is 24.3 Å². The standard InChI is InChI=1S/C16H15NO4/c1-16(2,12-6-4-3-5-7-12)15(18)21-14-10-8-13(9-11-14)17(19)20/h3-11H,1-2H3. The number of rotatable bonds is 4. The molecule has 2 aromatic carbocycles. The Hall–Kier alpha value is -2.69. The Bertz CT molecular complexity index is 648. The summed E-state index contributed by atoms with van der Waals surface area (Å²) < 4.78 is 5.31. The first-order valence-electron chi connectivity index (χ1n) is 6.43. The maximum atomic E-state index is 12.3. The van der Waals surface area contributed by atoms with Crippen LogP contribution in [-0.4, -0.2) is 10.9 Å². The average Bonchev–Trinajstić information content (AvgIpc) is 2.48. The maximum absolute atomic E-state index is 12.3. The van der Waals surface area contributed by atoms with Crippen molar-refractivity contribution in [2.24, 2.45) is 0 Å². The summed E-state index contributed by atoms with van der Waals surface area (Å²) >= 11 is 0. The highest BCUT2D eigenvalue weighted by atomic mass is 16.6. The normalized spacial score (nSPS) is 11.0. The van der Waals surface area contributed by atoms with Crippen molar-refractivity contribution in [1.29, 1.82) is 0 Å². The molecule has 0 spiro atoms. The predicted octanol–water partition coefficient (Wildman–Crippen LogP) is 3.48. The van der Waals surface area contributed by atoms with Gasteiger partial charge in [0.2, 0.25) is 0 Å². The smallest absolute Gasteiger partial charge is 0.321 e. The lowest BCUT2D eigenvalue weighted by molar-refractivity contribution is -0.384. The van der Waals surface area contributed by atoms with Gasteiger partial charge < -0.3 is 4.74 Å². The van der Waals surface area contributed by atoms with Crippen LogP contribution in [0.15, 0.2) is 54.6 Å². The summed E-state index contributed by atoms with van der Waals surface area (Å²) in [6.07, 6.45) is 0. The van der Waals surface area contributed by atoms with Crippen molar-refractivity contribution >= 4 is 11.7 Å². The lowest BCUT2D eigenvalue weighted by Crippen LogP contribution is -2.33. The molecule has 108 valence electrons. The SMILES string of the molecule is CC(C)(C(=O)Oc1ccc([N+](=O)[O-])cc1)c1ccccc1. The van der Waals surface area contributed by atoms with Gasteiger partial charge in [-0.15, -0.1) is 0 Å². The van der Waals surface area contributed by atoms with Gasteiger partial charge in [-0.1, -0.05) is 30.3 Å². The third-order valence-electron chi connectivity index (χ3n) is 3.26. The third kappa shape index (κ3) is 3.25. The average molecular weight is 285 g/mol. The molecule has 0 N–H and O–H groups in total. The maximum Gasteiger partial charge on any atom is 0.321 e. The van der Waals surface area contributed by atoms with Gasteiger partial charge in [-0.25, -0.2) is 0 Å². The molecule has 0 saturated heterocycles. The van der Waals surface area contributed by atoms with Gasteiger partial charge in [0.15, 0.2) is 0 Å². The highest BCUT2D eigenvalue weighted by Crippen LogP contribution is 2.26. The van der Waals surface area contributed by atoms with Crippen molar-refractivity contribution < 1.29 is 14.5 Å². The number of carbonyl (C=O) groups excluding carboxylic acids is 1. The zero-order valence-electron chi connectivity index (χ0n) is 11.8. The first-order valence-corrected chi connectivity index (χ1v) is 6.43.